The fraction of sp³-hybridized carbons (Fsp3) is 0.172. The molecular weight excluding hydrogens is 534 g/mol. The van der Waals surface area contributed by atoms with Gasteiger partial charge in [0.05, 0.1) is 17.6 Å². The van der Waals surface area contributed by atoms with Crippen molar-refractivity contribution in [3.8, 4) is 22.6 Å². The second kappa shape index (κ2) is 11.5. The van der Waals surface area contributed by atoms with E-state index in [-0.39, 0.29) is 23.6 Å². The van der Waals surface area contributed by atoms with Crippen molar-refractivity contribution in [3.63, 3.8) is 0 Å². The Kier molecular flexibility index (Phi) is 8.27. The van der Waals surface area contributed by atoms with Crippen molar-refractivity contribution in [3.05, 3.63) is 114 Å². The summed E-state index contributed by atoms with van der Waals surface area (Å²) < 4.78 is 91.8. The van der Waals surface area contributed by atoms with E-state index in [9.17, 15) is 26.0 Å². The molecule has 0 spiro atoms. The summed E-state index contributed by atoms with van der Waals surface area (Å²) in [5.41, 5.74) is 1.16. The molecule has 0 fully saturated rings. The number of nitrogens with zero attached hydrogens (tertiary/aromatic N) is 1. The van der Waals surface area contributed by atoms with E-state index in [1.54, 1.807) is 37.4 Å². The number of rotatable bonds is 9. The van der Waals surface area contributed by atoms with Crippen LogP contribution in [0.1, 0.15) is 16.7 Å². The molecule has 4 rings (SSSR count). The van der Waals surface area contributed by atoms with Gasteiger partial charge in [-0.1, -0.05) is 30.3 Å². The lowest BCUT2D eigenvalue weighted by atomic mass is 9.99. The molecule has 0 N–H and O–H groups in total. The predicted octanol–water partition coefficient (Wildman–Crippen LogP) is 6.92. The highest BCUT2D eigenvalue weighted by atomic mass is 32.2. The Morgan fingerprint density at radius 3 is 2.15 bits per heavy atom. The van der Waals surface area contributed by atoms with E-state index < -0.39 is 27.6 Å². The van der Waals surface area contributed by atoms with Crippen LogP contribution in [0, 0.1) is 5.82 Å². The molecule has 39 heavy (non-hydrogen) atoms. The average molecular weight is 560 g/mol. The van der Waals surface area contributed by atoms with Crippen molar-refractivity contribution in [1.82, 2.24) is 4.31 Å². The maximum absolute atomic E-state index is 13.4. The van der Waals surface area contributed by atoms with Gasteiger partial charge in [0.25, 0.3) is 0 Å². The minimum absolute atomic E-state index is 0.0789. The molecule has 0 saturated carbocycles. The molecule has 0 bridgehead atoms. The van der Waals surface area contributed by atoms with E-state index in [1.807, 2.05) is 12.1 Å². The zero-order chi connectivity index (χ0) is 28.2. The highest BCUT2D eigenvalue weighted by molar-refractivity contribution is 7.89. The number of halogens is 4. The Labute approximate surface area is 224 Å². The van der Waals surface area contributed by atoms with E-state index in [0.717, 1.165) is 34.1 Å². The minimum atomic E-state index is -4.54. The van der Waals surface area contributed by atoms with E-state index in [0.29, 0.717) is 22.6 Å². The molecular formula is C29H25F4NO4S. The van der Waals surface area contributed by atoms with Gasteiger partial charge in [0.1, 0.15) is 23.9 Å². The normalized spacial score (nSPS) is 12.0. The lowest BCUT2D eigenvalue weighted by Gasteiger charge is -2.19. The van der Waals surface area contributed by atoms with E-state index >= 15 is 0 Å². The maximum Gasteiger partial charge on any atom is 0.416 e. The first kappa shape index (κ1) is 28.1. The molecule has 0 aliphatic rings. The van der Waals surface area contributed by atoms with Crippen LogP contribution in [0.3, 0.4) is 0 Å². The SMILES string of the molecule is COc1ccc(COc2ccc(CN(C)S(=O)(=O)c3ccc(F)cc3)cc2-c2cccc(C(F)(F)F)c2)cc1. The van der Waals surface area contributed by atoms with Crippen LogP contribution in [-0.4, -0.2) is 26.9 Å². The quantitative estimate of drug-likeness (QED) is 0.209. The van der Waals surface area contributed by atoms with Gasteiger partial charge in [-0.05, 0) is 77.4 Å². The molecule has 0 radical (unpaired) electrons. The fourth-order valence-electron chi connectivity index (χ4n) is 3.90. The van der Waals surface area contributed by atoms with Crippen LogP contribution in [0.5, 0.6) is 11.5 Å². The average Bonchev–Trinajstić information content (AvgIpc) is 2.92. The number of ether oxygens (including phenoxy) is 2. The monoisotopic (exact) mass is 559 g/mol. The zero-order valence-electron chi connectivity index (χ0n) is 21.1. The molecule has 0 atom stereocenters. The van der Waals surface area contributed by atoms with Crippen LogP contribution in [-0.2, 0) is 29.4 Å². The highest BCUT2D eigenvalue weighted by Gasteiger charge is 2.30. The van der Waals surface area contributed by atoms with Gasteiger partial charge >= 0.3 is 6.18 Å². The standard InChI is InChI=1S/C29H25F4NO4S/c1-34(39(35,36)26-13-9-24(30)10-14-26)18-21-8-15-28(38-19-20-6-11-25(37-2)12-7-20)27(16-21)22-4-3-5-23(17-22)29(31,32)33/h3-17H,18-19H2,1-2H3. The van der Waals surface area contributed by atoms with Gasteiger partial charge in [-0.15, -0.1) is 0 Å². The molecule has 4 aromatic rings. The third-order valence-electron chi connectivity index (χ3n) is 6.03. The summed E-state index contributed by atoms with van der Waals surface area (Å²) in [5.74, 6) is 0.443. The first-order valence-corrected chi connectivity index (χ1v) is 13.2. The Bertz CT molecular complexity index is 1540. The summed E-state index contributed by atoms with van der Waals surface area (Å²) in [6.45, 7) is 0.0680. The lowest BCUT2D eigenvalue weighted by Crippen LogP contribution is -2.26. The Balaban J connectivity index is 1.66. The summed E-state index contributed by atoms with van der Waals surface area (Å²) in [7, 11) is -1.02. The molecule has 204 valence electrons. The van der Waals surface area contributed by atoms with Crippen LogP contribution >= 0.6 is 0 Å². The lowest BCUT2D eigenvalue weighted by molar-refractivity contribution is -0.137. The van der Waals surface area contributed by atoms with Crippen molar-refractivity contribution in [1.29, 1.82) is 0 Å². The topological polar surface area (TPSA) is 55.8 Å². The van der Waals surface area contributed by atoms with Crippen LogP contribution in [0.2, 0.25) is 0 Å². The number of hydrogen-bond acceptors (Lipinski definition) is 4. The molecule has 0 heterocycles. The molecule has 0 amide bonds. The smallest absolute Gasteiger partial charge is 0.416 e. The summed E-state index contributed by atoms with van der Waals surface area (Å²) in [4.78, 5) is -0.0797. The van der Waals surface area contributed by atoms with Gasteiger partial charge in [0.15, 0.2) is 0 Å². The third kappa shape index (κ3) is 6.76. The first-order valence-electron chi connectivity index (χ1n) is 11.8. The second-order valence-corrected chi connectivity index (χ2v) is 10.8. The highest BCUT2D eigenvalue weighted by Crippen LogP contribution is 2.36. The van der Waals surface area contributed by atoms with E-state index in [4.69, 9.17) is 9.47 Å². The van der Waals surface area contributed by atoms with Crippen molar-refractivity contribution in [2.24, 2.45) is 0 Å². The molecule has 0 aromatic heterocycles. The number of methoxy groups -OCH3 is 1. The number of hydrogen-bond donors (Lipinski definition) is 0. The fourth-order valence-corrected chi connectivity index (χ4v) is 5.06. The van der Waals surface area contributed by atoms with Crippen molar-refractivity contribution in [2.75, 3.05) is 14.2 Å². The first-order chi connectivity index (χ1) is 18.5. The molecule has 5 nitrogen and oxygen atoms in total. The second-order valence-electron chi connectivity index (χ2n) is 8.76. The van der Waals surface area contributed by atoms with Crippen molar-refractivity contribution >= 4 is 10.0 Å². The van der Waals surface area contributed by atoms with Crippen molar-refractivity contribution in [2.45, 2.75) is 24.2 Å². The van der Waals surface area contributed by atoms with Crippen LogP contribution < -0.4 is 9.47 Å². The Morgan fingerprint density at radius 1 is 0.846 bits per heavy atom. The van der Waals surface area contributed by atoms with Gasteiger partial charge in [-0.25, -0.2) is 12.8 Å². The van der Waals surface area contributed by atoms with Gasteiger partial charge in [-0.2, -0.15) is 17.5 Å². The number of sulfonamides is 1. The predicted molar refractivity (Wildman–Crippen MR) is 139 cm³/mol. The number of benzene rings is 4. The van der Waals surface area contributed by atoms with E-state index in [1.165, 1.54) is 31.3 Å². The maximum atomic E-state index is 13.4. The molecule has 10 heteroatoms. The van der Waals surface area contributed by atoms with Crippen LogP contribution in [0.25, 0.3) is 11.1 Å². The largest absolute Gasteiger partial charge is 0.497 e. The molecule has 0 aliphatic carbocycles. The summed E-state index contributed by atoms with van der Waals surface area (Å²) in [6, 6.07) is 21.3. The third-order valence-corrected chi connectivity index (χ3v) is 7.84. The molecule has 4 aromatic carbocycles. The molecule has 0 saturated heterocycles. The van der Waals surface area contributed by atoms with Crippen LogP contribution in [0.4, 0.5) is 17.6 Å². The summed E-state index contributed by atoms with van der Waals surface area (Å²) in [5, 5.41) is 0. The van der Waals surface area contributed by atoms with Gasteiger partial charge in [-0.3, -0.25) is 0 Å². The minimum Gasteiger partial charge on any atom is -0.497 e. The number of alkyl halides is 3. The Hall–Kier alpha value is -3.89. The molecule has 0 aliphatic heterocycles. The Morgan fingerprint density at radius 2 is 1.51 bits per heavy atom. The van der Waals surface area contributed by atoms with Gasteiger partial charge in [0, 0.05) is 19.2 Å². The summed E-state index contributed by atoms with van der Waals surface area (Å²) >= 11 is 0. The van der Waals surface area contributed by atoms with E-state index in [2.05, 4.69) is 0 Å². The van der Waals surface area contributed by atoms with Crippen LogP contribution in [0.15, 0.2) is 95.9 Å². The zero-order valence-corrected chi connectivity index (χ0v) is 21.9. The molecule has 0 unspecified atom stereocenters. The van der Waals surface area contributed by atoms with Crippen molar-refractivity contribution < 1.29 is 35.5 Å². The van der Waals surface area contributed by atoms with Gasteiger partial charge in [0.2, 0.25) is 10.0 Å². The summed E-state index contributed by atoms with van der Waals surface area (Å²) in [6.07, 6.45) is -4.54. The van der Waals surface area contributed by atoms with Gasteiger partial charge < -0.3 is 9.47 Å².